The van der Waals surface area contributed by atoms with Gasteiger partial charge in [0.2, 0.25) is 0 Å². The maximum absolute atomic E-state index is 6.01. The molecular formula is C19H21NO. The fraction of sp³-hybridized carbons (Fsp3) is 0.263. The number of rotatable bonds is 6. The number of hydrogen-bond donors (Lipinski definition) is 1. The highest BCUT2D eigenvalue weighted by Crippen LogP contribution is 2.26. The maximum Gasteiger partial charge on any atom is 0.134 e. The molecule has 1 atom stereocenters. The van der Waals surface area contributed by atoms with Crippen molar-refractivity contribution >= 4 is 11.0 Å². The molecule has 2 nitrogen and oxygen atoms in total. The second-order valence-electron chi connectivity index (χ2n) is 5.32. The molecule has 0 fully saturated rings. The molecule has 0 aliphatic heterocycles. The van der Waals surface area contributed by atoms with E-state index in [2.05, 4.69) is 54.7 Å². The molecule has 0 amide bonds. The predicted molar refractivity (Wildman–Crippen MR) is 87.4 cm³/mol. The molecule has 21 heavy (non-hydrogen) atoms. The van der Waals surface area contributed by atoms with Crippen LogP contribution in [-0.4, -0.2) is 6.54 Å². The third-order valence-corrected chi connectivity index (χ3v) is 3.80. The van der Waals surface area contributed by atoms with E-state index in [4.69, 9.17) is 4.42 Å². The average molecular weight is 279 g/mol. The number of hydrogen-bond acceptors (Lipinski definition) is 2. The Bertz CT molecular complexity index is 654. The van der Waals surface area contributed by atoms with Crippen molar-refractivity contribution in [3.63, 3.8) is 0 Å². The molecule has 0 bridgehead atoms. The highest BCUT2D eigenvalue weighted by Gasteiger charge is 2.15. The minimum Gasteiger partial charge on any atom is -0.459 e. The summed E-state index contributed by atoms with van der Waals surface area (Å²) in [7, 11) is 0. The molecule has 1 unspecified atom stereocenters. The Labute approximate surface area is 125 Å². The molecule has 3 aromatic rings. The summed E-state index contributed by atoms with van der Waals surface area (Å²) in [5.41, 5.74) is 2.34. The van der Waals surface area contributed by atoms with Crippen LogP contribution in [0.4, 0.5) is 0 Å². The number of benzene rings is 2. The molecule has 0 aliphatic rings. The first-order valence-electron chi connectivity index (χ1n) is 7.62. The molecule has 2 aromatic carbocycles. The van der Waals surface area contributed by atoms with Crippen molar-refractivity contribution in [1.82, 2.24) is 5.32 Å². The second-order valence-corrected chi connectivity index (χ2v) is 5.32. The average Bonchev–Trinajstić information content (AvgIpc) is 2.96. The van der Waals surface area contributed by atoms with Crippen LogP contribution >= 0.6 is 0 Å². The van der Waals surface area contributed by atoms with Gasteiger partial charge in [-0.2, -0.15) is 0 Å². The van der Waals surface area contributed by atoms with Gasteiger partial charge in [0.05, 0.1) is 6.04 Å². The fourth-order valence-electron chi connectivity index (χ4n) is 2.72. The molecule has 0 spiro atoms. The Hall–Kier alpha value is -2.06. The zero-order valence-corrected chi connectivity index (χ0v) is 12.4. The summed E-state index contributed by atoms with van der Waals surface area (Å²) in [6, 6.07) is 21.2. The molecule has 0 radical (unpaired) electrons. The largest absolute Gasteiger partial charge is 0.459 e. The second kappa shape index (κ2) is 6.59. The molecule has 1 N–H and O–H groups in total. The van der Waals surface area contributed by atoms with E-state index in [0.29, 0.717) is 0 Å². The van der Waals surface area contributed by atoms with Crippen LogP contribution in [0.3, 0.4) is 0 Å². The lowest BCUT2D eigenvalue weighted by molar-refractivity contribution is 0.417. The standard InChI is InChI=1S/C19H21NO/c1-2-20-17(13-12-15-8-4-3-5-9-15)19-14-16-10-6-7-11-18(16)21-19/h3-11,14,17,20H,2,12-13H2,1H3. The third kappa shape index (κ3) is 3.34. The van der Waals surface area contributed by atoms with Crippen molar-refractivity contribution < 1.29 is 4.42 Å². The Balaban J connectivity index is 1.77. The number of furan rings is 1. The van der Waals surface area contributed by atoms with E-state index < -0.39 is 0 Å². The normalized spacial score (nSPS) is 12.6. The van der Waals surface area contributed by atoms with E-state index in [1.165, 1.54) is 10.9 Å². The smallest absolute Gasteiger partial charge is 0.134 e. The summed E-state index contributed by atoms with van der Waals surface area (Å²) in [5, 5.41) is 4.71. The first-order chi connectivity index (χ1) is 10.4. The zero-order chi connectivity index (χ0) is 14.5. The molecule has 3 rings (SSSR count). The van der Waals surface area contributed by atoms with Crippen LogP contribution in [0.15, 0.2) is 65.1 Å². The number of nitrogens with one attached hydrogen (secondary N) is 1. The van der Waals surface area contributed by atoms with E-state index >= 15 is 0 Å². The van der Waals surface area contributed by atoms with Gasteiger partial charge in [0.25, 0.3) is 0 Å². The van der Waals surface area contributed by atoms with E-state index in [0.717, 1.165) is 30.7 Å². The lowest BCUT2D eigenvalue weighted by Crippen LogP contribution is -2.21. The first kappa shape index (κ1) is 13.9. The molecule has 0 saturated carbocycles. The van der Waals surface area contributed by atoms with Crippen molar-refractivity contribution in [3.8, 4) is 0 Å². The summed E-state index contributed by atoms with van der Waals surface area (Å²) in [6.45, 7) is 3.08. The summed E-state index contributed by atoms with van der Waals surface area (Å²) in [6.07, 6.45) is 2.09. The summed E-state index contributed by atoms with van der Waals surface area (Å²) in [5.74, 6) is 1.04. The molecule has 0 saturated heterocycles. The molecule has 1 heterocycles. The van der Waals surface area contributed by atoms with Crippen molar-refractivity contribution in [2.24, 2.45) is 0 Å². The van der Waals surface area contributed by atoms with Gasteiger partial charge >= 0.3 is 0 Å². The van der Waals surface area contributed by atoms with Gasteiger partial charge in [-0.1, -0.05) is 55.5 Å². The maximum atomic E-state index is 6.01. The van der Waals surface area contributed by atoms with Crippen LogP contribution in [0, 0.1) is 0 Å². The summed E-state index contributed by atoms with van der Waals surface area (Å²) < 4.78 is 6.01. The SMILES string of the molecule is CCNC(CCc1ccccc1)c1cc2ccccc2o1. The van der Waals surface area contributed by atoms with Gasteiger partial charge in [-0.15, -0.1) is 0 Å². The Morgan fingerprint density at radius 3 is 2.52 bits per heavy atom. The number of fused-ring (bicyclic) bond motifs is 1. The highest BCUT2D eigenvalue weighted by atomic mass is 16.3. The van der Waals surface area contributed by atoms with E-state index in [9.17, 15) is 0 Å². The van der Waals surface area contributed by atoms with Gasteiger partial charge in [0.1, 0.15) is 11.3 Å². The van der Waals surface area contributed by atoms with Gasteiger partial charge in [-0.25, -0.2) is 0 Å². The van der Waals surface area contributed by atoms with E-state index in [1.807, 2.05) is 18.2 Å². The van der Waals surface area contributed by atoms with Crippen molar-refractivity contribution in [1.29, 1.82) is 0 Å². The van der Waals surface area contributed by atoms with Crippen LogP contribution in [0.2, 0.25) is 0 Å². The summed E-state index contributed by atoms with van der Waals surface area (Å²) >= 11 is 0. The topological polar surface area (TPSA) is 25.2 Å². The Kier molecular flexibility index (Phi) is 4.37. The van der Waals surface area contributed by atoms with Crippen molar-refractivity contribution in [2.45, 2.75) is 25.8 Å². The molecule has 2 heteroatoms. The van der Waals surface area contributed by atoms with Gasteiger partial charge in [-0.05, 0) is 37.1 Å². The number of para-hydroxylation sites is 1. The highest BCUT2D eigenvalue weighted by molar-refractivity contribution is 5.77. The van der Waals surface area contributed by atoms with Gasteiger partial charge in [0, 0.05) is 5.39 Å². The lowest BCUT2D eigenvalue weighted by Gasteiger charge is -2.15. The van der Waals surface area contributed by atoms with Crippen LogP contribution < -0.4 is 5.32 Å². The third-order valence-electron chi connectivity index (χ3n) is 3.80. The fourth-order valence-corrected chi connectivity index (χ4v) is 2.72. The quantitative estimate of drug-likeness (QED) is 0.706. The molecule has 108 valence electrons. The summed E-state index contributed by atoms with van der Waals surface area (Å²) in [4.78, 5) is 0. The van der Waals surface area contributed by atoms with Crippen LogP contribution in [0.1, 0.15) is 30.7 Å². The monoisotopic (exact) mass is 279 g/mol. The molecular weight excluding hydrogens is 258 g/mol. The van der Waals surface area contributed by atoms with Crippen molar-refractivity contribution in [2.75, 3.05) is 6.54 Å². The van der Waals surface area contributed by atoms with E-state index in [1.54, 1.807) is 0 Å². The van der Waals surface area contributed by atoms with Crippen LogP contribution in [-0.2, 0) is 6.42 Å². The predicted octanol–water partition coefficient (Wildman–Crippen LogP) is 4.72. The van der Waals surface area contributed by atoms with Gasteiger partial charge in [0.15, 0.2) is 0 Å². The van der Waals surface area contributed by atoms with Gasteiger partial charge in [-0.3, -0.25) is 0 Å². The van der Waals surface area contributed by atoms with Crippen LogP contribution in [0.25, 0.3) is 11.0 Å². The molecule has 1 aromatic heterocycles. The Morgan fingerprint density at radius 2 is 1.76 bits per heavy atom. The minimum absolute atomic E-state index is 0.266. The zero-order valence-electron chi connectivity index (χ0n) is 12.4. The number of aryl methyl sites for hydroxylation is 1. The Morgan fingerprint density at radius 1 is 1.00 bits per heavy atom. The molecule has 0 aliphatic carbocycles. The van der Waals surface area contributed by atoms with E-state index in [-0.39, 0.29) is 6.04 Å². The minimum atomic E-state index is 0.266. The first-order valence-corrected chi connectivity index (χ1v) is 7.62. The van der Waals surface area contributed by atoms with Crippen LogP contribution in [0.5, 0.6) is 0 Å². The van der Waals surface area contributed by atoms with Crippen molar-refractivity contribution in [3.05, 3.63) is 72.0 Å². The van der Waals surface area contributed by atoms with Gasteiger partial charge < -0.3 is 9.73 Å². The lowest BCUT2D eigenvalue weighted by atomic mass is 10.0.